The lowest BCUT2D eigenvalue weighted by Crippen LogP contribution is -2.07. The zero-order valence-electron chi connectivity index (χ0n) is 10.3. The topological polar surface area (TPSA) is 115 Å². The average molecular weight is 275 g/mol. The quantitative estimate of drug-likeness (QED) is 0.682. The van der Waals surface area contributed by atoms with Gasteiger partial charge in [-0.25, -0.2) is 0 Å². The molecule has 0 aliphatic rings. The van der Waals surface area contributed by atoms with Gasteiger partial charge in [-0.15, -0.1) is 0 Å². The maximum Gasteiger partial charge on any atom is 0.284 e. The predicted molar refractivity (Wildman–Crippen MR) is 71.6 cm³/mol. The van der Waals surface area contributed by atoms with E-state index in [0.717, 1.165) is 6.07 Å². The van der Waals surface area contributed by atoms with Gasteiger partial charge in [0.15, 0.2) is 0 Å². The van der Waals surface area contributed by atoms with Crippen LogP contribution in [0.1, 0.15) is 6.92 Å². The molecular weight excluding hydrogens is 266 g/mol. The number of carbonyl (C=O) groups is 1. The number of hydrogen-bond acceptors (Lipinski definition) is 5. The molecule has 0 aliphatic heterocycles. The maximum absolute atomic E-state index is 11.1. The summed E-state index contributed by atoms with van der Waals surface area (Å²) >= 11 is 0. The highest BCUT2D eigenvalue weighted by atomic mass is 16.6. The van der Waals surface area contributed by atoms with E-state index in [0.29, 0.717) is 5.69 Å². The molecule has 2 aromatic carbocycles. The van der Waals surface area contributed by atoms with Crippen LogP contribution in [0.25, 0.3) is 10.8 Å². The van der Waals surface area contributed by atoms with E-state index >= 15 is 0 Å². The minimum atomic E-state index is -0.688. The first-order chi connectivity index (χ1) is 9.41. The van der Waals surface area contributed by atoms with Crippen molar-refractivity contribution in [3.05, 3.63) is 50.6 Å². The number of rotatable bonds is 3. The zero-order chi connectivity index (χ0) is 14.9. The second-order valence-corrected chi connectivity index (χ2v) is 4.03. The SMILES string of the molecule is CC(=O)Nc1ccc([N+](=O)[O-])c2c([N+](=O)[O-])cccc12. The van der Waals surface area contributed by atoms with Gasteiger partial charge in [-0.2, -0.15) is 0 Å². The number of nitro groups is 2. The summed E-state index contributed by atoms with van der Waals surface area (Å²) < 4.78 is 0. The fourth-order valence-electron chi connectivity index (χ4n) is 1.97. The van der Waals surface area contributed by atoms with Crippen molar-refractivity contribution >= 4 is 33.7 Å². The van der Waals surface area contributed by atoms with Crippen LogP contribution in [0.15, 0.2) is 30.3 Å². The van der Waals surface area contributed by atoms with E-state index in [1.165, 1.54) is 31.2 Å². The van der Waals surface area contributed by atoms with Gasteiger partial charge in [-0.1, -0.05) is 12.1 Å². The number of amides is 1. The van der Waals surface area contributed by atoms with Crippen LogP contribution in [-0.4, -0.2) is 15.8 Å². The third-order valence-corrected chi connectivity index (χ3v) is 2.70. The number of anilines is 1. The van der Waals surface area contributed by atoms with Crippen LogP contribution in [0.3, 0.4) is 0 Å². The molecule has 2 rings (SSSR count). The first-order valence-corrected chi connectivity index (χ1v) is 5.54. The number of nitrogens with zero attached hydrogens (tertiary/aromatic N) is 2. The maximum atomic E-state index is 11.1. The number of hydrogen-bond donors (Lipinski definition) is 1. The Labute approximate surface area is 112 Å². The van der Waals surface area contributed by atoms with Crippen LogP contribution in [0.4, 0.5) is 17.1 Å². The van der Waals surface area contributed by atoms with Crippen molar-refractivity contribution in [3.63, 3.8) is 0 Å². The Morgan fingerprint density at radius 3 is 2.20 bits per heavy atom. The van der Waals surface area contributed by atoms with Gasteiger partial charge in [0, 0.05) is 30.1 Å². The predicted octanol–water partition coefficient (Wildman–Crippen LogP) is 2.61. The Morgan fingerprint density at radius 2 is 1.65 bits per heavy atom. The minimum Gasteiger partial charge on any atom is -0.326 e. The Hall–Kier alpha value is -3.03. The third-order valence-electron chi connectivity index (χ3n) is 2.70. The molecule has 2 aromatic rings. The van der Waals surface area contributed by atoms with Crippen LogP contribution in [0, 0.1) is 20.2 Å². The van der Waals surface area contributed by atoms with Gasteiger partial charge in [-0.3, -0.25) is 25.0 Å². The van der Waals surface area contributed by atoms with E-state index in [-0.39, 0.29) is 28.1 Å². The number of nitro benzene ring substituents is 2. The number of nitrogens with one attached hydrogen (secondary N) is 1. The van der Waals surface area contributed by atoms with Crippen molar-refractivity contribution in [3.8, 4) is 0 Å². The molecule has 8 nitrogen and oxygen atoms in total. The monoisotopic (exact) mass is 275 g/mol. The molecule has 0 saturated carbocycles. The van der Waals surface area contributed by atoms with E-state index in [1.807, 2.05) is 0 Å². The Morgan fingerprint density at radius 1 is 1.05 bits per heavy atom. The smallest absolute Gasteiger partial charge is 0.284 e. The summed E-state index contributed by atoms with van der Waals surface area (Å²) in [6, 6.07) is 6.58. The molecule has 0 atom stereocenters. The molecule has 102 valence electrons. The lowest BCUT2D eigenvalue weighted by molar-refractivity contribution is -0.390. The normalized spacial score (nSPS) is 10.2. The first-order valence-electron chi connectivity index (χ1n) is 5.54. The summed E-state index contributed by atoms with van der Waals surface area (Å²) in [5.41, 5.74) is -0.454. The van der Waals surface area contributed by atoms with Gasteiger partial charge < -0.3 is 5.32 Å². The molecule has 0 spiro atoms. The van der Waals surface area contributed by atoms with Crippen LogP contribution in [0.5, 0.6) is 0 Å². The van der Waals surface area contributed by atoms with E-state index in [4.69, 9.17) is 0 Å². The molecule has 8 heteroatoms. The van der Waals surface area contributed by atoms with Crippen molar-refractivity contribution in [2.75, 3.05) is 5.32 Å². The Bertz CT molecular complexity index is 721. The lowest BCUT2D eigenvalue weighted by Gasteiger charge is -2.07. The van der Waals surface area contributed by atoms with Gasteiger partial charge in [-0.05, 0) is 6.07 Å². The fourth-order valence-corrected chi connectivity index (χ4v) is 1.97. The first kappa shape index (κ1) is 13.4. The lowest BCUT2D eigenvalue weighted by atomic mass is 10.0. The molecular formula is C12H9N3O5. The van der Waals surface area contributed by atoms with Crippen molar-refractivity contribution in [2.24, 2.45) is 0 Å². The highest BCUT2D eigenvalue weighted by Gasteiger charge is 2.23. The molecule has 0 aliphatic carbocycles. The number of fused-ring (bicyclic) bond motifs is 1. The van der Waals surface area contributed by atoms with E-state index < -0.39 is 9.85 Å². The van der Waals surface area contributed by atoms with Crippen molar-refractivity contribution in [1.29, 1.82) is 0 Å². The molecule has 0 radical (unpaired) electrons. The van der Waals surface area contributed by atoms with Gasteiger partial charge in [0.25, 0.3) is 11.4 Å². The van der Waals surface area contributed by atoms with Crippen LogP contribution in [-0.2, 0) is 4.79 Å². The second-order valence-electron chi connectivity index (χ2n) is 4.03. The Kier molecular flexibility index (Phi) is 3.30. The van der Waals surface area contributed by atoms with Gasteiger partial charge >= 0.3 is 0 Å². The van der Waals surface area contributed by atoms with Gasteiger partial charge in [0.2, 0.25) is 5.91 Å². The molecule has 1 amide bonds. The number of non-ortho nitro benzene ring substituents is 2. The summed E-state index contributed by atoms with van der Waals surface area (Å²) in [5, 5.41) is 24.7. The second kappa shape index (κ2) is 4.92. The van der Waals surface area contributed by atoms with Crippen LogP contribution in [0.2, 0.25) is 0 Å². The van der Waals surface area contributed by atoms with Gasteiger partial charge in [0.1, 0.15) is 5.39 Å². The zero-order valence-corrected chi connectivity index (χ0v) is 10.3. The van der Waals surface area contributed by atoms with Gasteiger partial charge in [0.05, 0.1) is 9.85 Å². The molecule has 0 fully saturated rings. The molecule has 0 saturated heterocycles. The minimum absolute atomic E-state index is 0.103. The summed E-state index contributed by atoms with van der Waals surface area (Å²) in [7, 11) is 0. The molecule has 20 heavy (non-hydrogen) atoms. The van der Waals surface area contributed by atoms with Crippen molar-refractivity contribution in [1.82, 2.24) is 0 Å². The van der Waals surface area contributed by atoms with Crippen molar-refractivity contribution in [2.45, 2.75) is 6.92 Å². The standard InChI is InChI=1S/C12H9N3O5/c1-7(16)13-9-5-6-11(15(19)20)12-8(9)3-2-4-10(12)14(17)18/h2-6H,1H3,(H,13,16). The Balaban J connectivity index is 2.87. The van der Waals surface area contributed by atoms with E-state index in [2.05, 4.69) is 5.32 Å². The number of benzene rings is 2. The van der Waals surface area contributed by atoms with Crippen molar-refractivity contribution < 1.29 is 14.6 Å². The third kappa shape index (κ3) is 2.26. The van der Waals surface area contributed by atoms with E-state index in [9.17, 15) is 25.0 Å². The molecule has 0 unspecified atom stereocenters. The van der Waals surface area contributed by atoms with Crippen LogP contribution < -0.4 is 5.32 Å². The number of carbonyl (C=O) groups excluding carboxylic acids is 1. The van der Waals surface area contributed by atoms with E-state index in [1.54, 1.807) is 0 Å². The highest BCUT2D eigenvalue weighted by molar-refractivity contribution is 6.08. The van der Waals surface area contributed by atoms with Crippen LogP contribution >= 0.6 is 0 Å². The molecule has 0 bridgehead atoms. The average Bonchev–Trinajstić information content (AvgIpc) is 2.37. The molecule has 0 aromatic heterocycles. The summed E-state index contributed by atoms with van der Waals surface area (Å²) in [4.78, 5) is 31.8. The molecule has 0 heterocycles. The largest absolute Gasteiger partial charge is 0.326 e. The summed E-state index contributed by atoms with van der Waals surface area (Å²) in [5.74, 6) is -0.369. The molecule has 1 N–H and O–H groups in total. The summed E-state index contributed by atoms with van der Waals surface area (Å²) in [6.45, 7) is 1.28. The summed E-state index contributed by atoms with van der Waals surface area (Å²) in [6.07, 6.45) is 0. The highest BCUT2D eigenvalue weighted by Crippen LogP contribution is 2.37. The fraction of sp³-hybridized carbons (Fsp3) is 0.0833.